The Morgan fingerprint density at radius 3 is 2.71 bits per heavy atom. The van der Waals surface area contributed by atoms with Crippen molar-refractivity contribution in [2.24, 2.45) is 5.92 Å². The molecule has 0 radical (unpaired) electrons. The zero-order valence-electron chi connectivity index (χ0n) is 11.1. The number of hydrogen-bond donors (Lipinski definition) is 1. The summed E-state index contributed by atoms with van der Waals surface area (Å²) in [5.74, 6) is 1.52. The van der Waals surface area contributed by atoms with Gasteiger partial charge in [-0.1, -0.05) is 26.0 Å². The van der Waals surface area contributed by atoms with E-state index in [9.17, 15) is 0 Å². The summed E-state index contributed by atoms with van der Waals surface area (Å²) in [6, 6.07) is 9.04. The van der Waals surface area contributed by atoms with E-state index >= 15 is 0 Å². The van der Waals surface area contributed by atoms with Crippen LogP contribution in [0.5, 0.6) is 5.75 Å². The van der Waals surface area contributed by atoms with Gasteiger partial charge in [-0.3, -0.25) is 0 Å². The van der Waals surface area contributed by atoms with E-state index in [1.165, 1.54) is 18.4 Å². The Kier molecular flexibility index (Phi) is 4.06. The Bertz CT molecular complexity index is 358. The standard InChI is InChI=1S/C15H23NO/c1-11(2)15(10-16-13-7-8-13)17-14-6-4-5-12(3)9-14/h4-6,9,11,13,15-16H,7-8,10H2,1-3H3. The van der Waals surface area contributed by atoms with Crippen molar-refractivity contribution >= 4 is 0 Å². The molecule has 2 nitrogen and oxygen atoms in total. The first-order chi connectivity index (χ1) is 8.15. The van der Waals surface area contributed by atoms with Gasteiger partial charge in [0.1, 0.15) is 11.9 Å². The summed E-state index contributed by atoms with van der Waals surface area (Å²) in [7, 11) is 0. The highest BCUT2D eigenvalue weighted by Gasteiger charge is 2.23. The molecule has 1 saturated carbocycles. The molecule has 1 aromatic rings. The number of rotatable bonds is 6. The van der Waals surface area contributed by atoms with Crippen molar-refractivity contribution in [3.05, 3.63) is 29.8 Å². The van der Waals surface area contributed by atoms with E-state index < -0.39 is 0 Å². The van der Waals surface area contributed by atoms with Gasteiger partial charge < -0.3 is 10.1 Å². The van der Waals surface area contributed by atoms with Crippen LogP contribution in [-0.4, -0.2) is 18.7 Å². The highest BCUT2D eigenvalue weighted by molar-refractivity contribution is 5.27. The molecular formula is C15H23NO. The Morgan fingerprint density at radius 1 is 1.35 bits per heavy atom. The van der Waals surface area contributed by atoms with Gasteiger partial charge in [-0.05, 0) is 43.4 Å². The van der Waals surface area contributed by atoms with Crippen LogP contribution in [0.2, 0.25) is 0 Å². The van der Waals surface area contributed by atoms with Crippen LogP contribution in [0.15, 0.2) is 24.3 Å². The van der Waals surface area contributed by atoms with Crippen LogP contribution >= 0.6 is 0 Å². The molecule has 0 spiro atoms. The van der Waals surface area contributed by atoms with Gasteiger partial charge in [0.05, 0.1) is 0 Å². The molecule has 2 rings (SSSR count). The molecule has 0 heterocycles. The molecule has 1 aliphatic carbocycles. The predicted molar refractivity (Wildman–Crippen MR) is 71.5 cm³/mol. The molecule has 0 bridgehead atoms. The van der Waals surface area contributed by atoms with Gasteiger partial charge >= 0.3 is 0 Å². The van der Waals surface area contributed by atoms with Crippen molar-refractivity contribution in [1.82, 2.24) is 5.32 Å². The van der Waals surface area contributed by atoms with Gasteiger partial charge in [0.15, 0.2) is 0 Å². The van der Waals surface area contributed by atoms with Crippen molar-refractivity contribution in [3.63, 3.8) is 0 Å². The molecular weight excluding hydrogens is 210 g/mol. The third-order valence-electron chi connectivity index (χ3n) is 3.21. The van der Waals surface area contributed by atoms with E-state index in [-0.39, 0.29) is 6.10 Å². The molecule has 1 unspecified atom stereocenters. The fourth-order valence-electron chi connectivity index (χ4n) is 1.85. The third kappa shape index (κ3) is 4.04. The summed E-state index contributed by atoms with van der Waals surface area (Å²) in [5.41, 5.74) is 1.25. The van der Waals surface area contributed by atoms with Crippen molar-refractivity contribution in [1.29, 1.82) is 0 Å². The number of nitrogens with one attached hydrogen (secondary N) is 1. The van der Waals surface area contributed by atoms with Crippen LogP contribution in [0.1, 0.15) is 32.3 Å². The molecule has 1 fully saturated rings. The molecule has 0 aliphatic heterocycles. The van der Waals surface area contributed by atoms with Crippen LogP contribution in [0.3, 0.4) is 0 Å². The SMILES string of the molecule is Cc1cccc(OC(CNC2CC2)C(C)C)c1. The average molecular weight is 233 g/mol. The van der Waals surface area contributed by atoms with Crippen molar-refractivity contribution < 1.29 is 4.74 Å². The van der Waals surface area contributed by atoms with Crippen LogP contribution in [0.25, 0.3) is 0 Å². The molecule has 0 aromatic heterocycles. The second kappa shape index (κ2) is 5.54. The van der Waals surface area contributed by atoms with E-state index in [4.69, 9.17) is 4.74 Å². The van der Waals surface area contributed by atoms with Crippen LogP contribution in [-0.2, 0) is 0 Å². The number of hydrogen-bond acceptors (Lipinski definition) is 2. The smallest absolute Gasteiger partial charge is 0.120 e. The second-order valence-corrected chi connectivity index (χ2v) is 5.40. The maximum absolute atomic E-state index is 6.07. The van der Waals surface area contributed by atoms with Crippen molar-refractivity contribution in [3.8, 4) is 5.75 Å². The third-order valence-corrected chi connectivity index (χ3v) is 3.21. The summed E-state index contributed by atoms with van der Waals surface area (Å²) in [6.45, 7) is 7.49. The minimum atomic E-state index is 0.261. The van der Waals surface area contributed by atoms with Gasteiger partial charge in [-0.25, -0.2) is 0 Å². The minimum Gasteiger partial charge on any atom is -0.489 e. The first-order valence-electron chi connectivity index (χ1n) is 6.62. The maximum Gasteiger partial charge on any atom is 0.120 e. The summed E-state index contributed by atoms with van der Waals surface area (Å²) in [6.07, 6.45) is 2.92. The Balaban J connectivity index is 1.91. The predicted octanol–water partition coefficient (Wildman–Crippen LogP) is 3.15. The van der Waals surface area contributed by atoms with E-state index in [2.05, 4.69) is 44.3 Å². The fraction of sp³-hybridized carbons (Fsp3) is 0.600. The topological polar surface area (TPSA) is 21.3 Å². The quantitative estimate of drug-likeness (QED) is 0.815. The van der Waals surface area contributed by atoms with Crippen LogP contribution < -0.4 is 10.1 Å². The number of ether oxygens (including phenoxy) is 1. The molecule has 0 amide bonds. The van der Waals surface area contributed by atoms with E-state index in [0.717, 1.165) is 18.3 Å². The Hall–Kier alpha value is -1.02. The van der Waals surface area contributed by atoms with Crippen LogP contribution in [0, 0.1) is 12.8 Å². The largest absolute Gasteiger partial charge is 0.489 e. The summed E-state index contributed by atoms with van der Waals surface area (Å²) in [4.78, 5) is 0. The van der Waals surface area contributed by atoms with Gasteiger partial charge in [-0.2, -0.15) is 0 Å². The lowest BCUT2D eigenvalue weighted by Crippen LogP contribution is -2.36. The van der Waals surface area contributed by atoms with Crippen molar-refractivity contribution in [2.45, 2.75) is 45.8 Å². The Labute approximate surface area is 104 Å². The molecule has 17 heavy (non-hydrogen) atoms. The monoisotopic (exact) mass is 233 g/mol. The van der Waals surface area contributed by atoms with Crippen molar-refractivity contribution in [2.75, 3.05) is 6.54 Å². The second-order valence-electron chi connectivity index (χ2n) is 5.40. The maximum atomic E-state index is 6.07. The van der Waals surface area contributed by atoms with E-state index in [1.807, 2.05) is 6.07 Å². The molecule has 2 heteroatoms. The summed E-state index contributed by atoms with van der Waals surface area (Å²) < 4.78 is 6.07. The Morgan fingerprint density at radius 2 is 2.12 bits per heavy atom. The highest BCUT2D eigenvalue weighted by atomic mass is 16.5. The first-order valence-corrected chi connectivity index (χ1v) is 6.62. The zero-order chi connectivity index (χ0) is 12.3. The minimum absolute atomic E-state index is 0.261. The molecule has 1 aromatic carbocycles. The molecule has 1 aliphatic rings. The van der Waals surface area contributed by atoms with Gasteiger partial charge in [0, 0.05) is 12.6 Å². The summed E-state index contributed by atoms with van der Waals surface area (Å²) in [5, 5.41) is 3.55. The molecule has 1 N–H and O–H groups in total. The number of benzene rings is 1. The van der Waals surface area contributed by atoms with E-state index in [1.54, 1.807) is 0 Å². The lowest BCUT2D eigenvalue weighted by molar-refractivity contribution is 0.148. The summed E-state index contributed by atoms with van der Waals surface area (Å²) >= 11 is 0. The van der Waals surface area contributed by atoms with Crippen LogP contribution in [0.4, 0.5) is 0 Å². The fourth-order valence-corrected chi connectivity index (χ4v) is 1.85. The van der Waals surface area contributed by atoms with E-state index in [0.29, 0.717) is 5.92 Å². The molecule has 94 valence electrons. The lowest BCUT2D eigenvalue weighted by atomic mass is 10.1. The molecule has 1 atom stereocenters. The molecule has 0 saturated heterocycles. The zero-order valence-corrected chi connectivity index (χ0v) is 11.1. The van der Waals surface area contributed by atoms with Gasteiger partial charge in [-0.15, -0.1) is 0 Å². The number of aryl methyl sites for hydroxylation is 1. The average Bonchev–Trinajstić information content (AvgIpc) is 3.07. The first kappa shape index (κ1) is 12.4. The lowest BCUT2D eigenvalue weighted by Gasteiger charge is -2.23. The highest BCUT2D eigenvalue weighted by Crippen LogP contribution is 2.21. The normalized spacial score (nSPS) is 17.2. The van der Waals surface area contributed by atoms with Gasteiger partial charge in [0.25, 0.3) is 0 Å². The van der Waals surface area contributed by atoms with Gasteiger partial charge in [0.2, 0.25) is 0 Å².